The molecule has 3 rings (SSSR count). The SMILES string of the molecule is Cc1ccc(NC(=O)COC(=O)c2ccccc2Nc2ccccc2)cc1Cl. The molecule has 3 aromatic carbocycles. The normalized spacial score (nSPS) is 10.2. The molecule has 0 heterocycles. The zero-order valence-corrected chi connectivity index (χ0v) is 16.0. The predicted octanol–water partition coefficient (Wildman–Crippen LogP) is 5.19. The molecule has 0 aliphatic heterocycles. The molecule has 0 bridgehead atoms. The Morgan fingerprint density at radius 2 is 1.64 bits per heavy atom. The molecule has 2 N–H and O–H groups in total. The molecule has 0 radical (unpaired) electrons. The molecule has 0 aliphatic carbocycles. The molecule has 6 heteroatoms. The molecule has 0 fully saturated rings. The van der Waals surface area contributed by atoms with Crippen molar-refractivity contribution in [3.63, 3.8) is 0 Å². The highest BCUT2D eigenvalue weighted by Crippen LogP contribution is 2.22. The second-order valence-electron chi connectivity index (χ2n) is 6.12. The number of amides is 1. The Bertz CT molecular complexity index is 990. The molecule has 0 saturated carbocycles. The number of aryl methyl sites for hydroxylation is 1. The van der Waals surface area contributed by atoms with Crippen LogP contribution in [0.5, 0.6) is 0 Å². The maximum absolute atomic E-state index is 12.4. The monoisotopic (exact) mass is 394 g/mol. The minimum atomic E-state index is -0.587. The molecule has 0 aliphatic rings. The van der Waals surface area contributed by atoms with Gasteiger partial charge in [-0.25, -0.2) is 4.79 Å². The third kappa shape index (κ3) is 5.11. The number of benzene rings is 3. The number of nitrogens with one attached hydrogen (secondary N) is 2. The summed E-state index contributed by atoms with van der Waals surface area (Å²) in [5.74, 6) is -1.03. The molecule has 5 nitrogen and oxygen atoms in total. The Kier molecular flexibility index (Phi) is 6.29. The number of halogens is 1. The van der Waals surface area contributed by atoms with Crippen molar-refractivity contribution < 1.29 is 14.3 Å². The Balaban J connectivity index is 1.61. The summed E-state index contributed by atoms with van der Waals surface area (Å²) in [5.41, 5.74) is 3.25. The highest BCUT2D eigenvalue weighted by Gasteiger charge is 2.14. The van der Waals surface area contributed by atoms with E-state index in [-0.39, 0.29) is 0 Å². The fourth-order valence-electron chi connectivity index (χ4n) is 2.52. The first-order valence-electron chi connectivity index (χ1n) is 8.67. The van der Waals surface area contributed by atoms with Crippen LogP contribution in [0.4, 0.5) is 17.1 Å². The van der Waals surface area contributed by atoms with Crippen LogP contribution in [0.3, 0.4) is 0 Å². The second-order valence-corrected chi connectivity index (χ2v) is 6.53. The van der Waals surface area contributed by atoms with E-state index in [2.05, 4.69) is 10.6 Å². The lowest BCUT2D eigenvalue weighted by Gasteiger charge is -2.12. The standard InChI is InChI=1S/C22H19ClN2O3/c1-15-11-12-17(13-19(15)23)25-21(26)14-28-22(27)18-9-5-6-10-20(18)24-16-7-3-2-4-8-16/h2-13,24H,14H2,1H3,(H,25,26). The number of esters is 1. The smallest absolute Gasteiger partial charge is 0.340 e. The van der Waals surface area contributed by atoms with Gasteiger partial charge < -0.3 is 15.4 Å². The van der Waals surface area contributed by atoms with Gasteiger partial charge in [0.05, 0.1) is 11.3 Å². The van der Waals surface area contributed by atoms with Crippen LogP contribution in [-0.2, 0) is 9.53 Å². The minimum absolute atomic E-state index is 0.345. The van der Waals surface area contributed by atoms with Gasteiger partial charge in [0.15, 0.2) is 6.61 Å². The molecule has 0 unspecified atom stereocenters. The van der Waals surface area contributed by atoms with Gasteiger partial charge in [-0.2, -0.15) is 0 Å². The first-order valence-corrected chi connectivity index (χ1v) is 9.05. The van der Waals surface area contributed by atoms with Crippen molar-refractivity contribution in [2.45, 2.75) is 6.92 Å². The van der Waals surface area contributed by atoms with Crippen LogP contribution >= 0.6 is 11.6 Å². The van der Waals surface area contributed by atoms with Crippen LogP contribution < -0.4 is 10.6 Å². The van der Waals surface area contributed by atoms with E-state index in [1.54, 1.807) is 36.4 Å². The topological polar surface area (TPSA) is 67.4 Å². The number of hydrogen-bond acceptors (Lipinski definition) is 4. The van der Waals surface area contributed by atoms with Gasteiger partial charge in [0.25, 0.3) is 5.91 Å². The van der Waals surface area contributed by atoms with Gasteiger partial charge in [-0.3, -0.25) is 4.79 Å². The van der Waals surface area contributed by atoms with Crippen LogP contribution in [0, 0.1) is 6.92 Å². The highest BCUT2D eigenvalue weighted by atomic mass is 35.5. The lowest BCUT2D eigenvalue weighted by molar-refractivity contribution is -0.119. The number of carbonyl (C=O) groups excluding carboxylic acids is 2. The van der Waals surface area contributed by atoms with E-state index in [1.165, 1.54) is 0 Å². The summed E-state index contributed by atoms with van der Waals surface area (Å²) in [4.78, 5) is 24.5. The van der Waals surface area contributed by atoms with E-state index < -0.39 is 18.5 Å². The van der Waals surface area contributed by atoms with Crippen molar-refractivity contribution in [3.05, 3.63) is 88.9 Å². The van der Waals surface area contributed by atoms with Crippen LogP contribution in [0.25, 0.3) is 0 Å². The Morgan fingerprint density at radius 3 is 2.39 bits per heavy atom. The van der Waals surface area contributed by atoms with Gasteiger partial charge >= 0.3 is 5.97 Å². The molecular weight excluding hydrogens is 376 g/mol. The predicted molar refractivity (Wildman–Crippen MR) is 111 cm³/mol. The van der Waals surface area contributed by atoms with Crippen molar-refractivity contribution in [3.8, 4) is 0 Å². The molecular formula is C22H19ClN2O3. The van der Waals surface area contributed by atoms with Crippen LogP contribution in [0.15, 0.2) is 72.8 Å². The molecule has 0 spiro atoms. The summed E-state index contributed by atoms with van der Waals surface area (Å²) in [7, 11) is 0. The molecule has 1 amide bonds. The molecule has 142 valence electrons. The average molecular weight is 395 g/mol. The maximum atomic E-state index is 12.4. The van der Waals surface area contributed by atoms with Crippen molar-refractivity contribution in [2.24, 2.45) is 0 Å². The summed E-state index contributed by atoms with van der Waals surface area (Å²) in [5, 5.41) is 6.38. The maximum Gasteiger partial charge on any atom is 0.340 e. The number of rotatable bonds is 6. The summed E-state index contributed by atoms with van der Waals surface area (Å²) < 4.78 is 5.17. The fourth-order valence-corrected chi connectivity index (χ4v) is 2.70. The number of anilines is 3. The van der Waals surface area contributed by atoms with Crippen molar-refractivity contribution in [1.29, 1.82) is 0 Å². The fraction of sp³-hybridized carbons (Fsp3) is 0.0909. The highest BCUT2D eigenvalue weighted by molar-refractivity contribution is 6.31. The lowest BCUT2D eigenvalue weighted by atomic mass is 10.1. The summed E-state index contributed by atoms with van der Waals surface area (Å²) in [6.07, 6.45) is 0. The van der Waals surface area contributed by atoms with Gasteiger partial charge in [-0.1, -0.05) is 48.0 Å². The van der Waals surface area contributed by atoms with Crippen LogP contribution in [-0.4, -0.2) is 18.5 Å². The van der Waals surface area contributed by atoms with Crippen molar-refractivity contribution in [1.82, 2.24) is 0 Å². The molecule has 0 aromatic heterocycles. The summed E-state index contributed by atoms with van der Waals surface area (Å²) in [6, 6.07) is 21.6. The molecule has 0 saturated heterocycles. The summed E-state index contributed by atoms with van der Waals surface area (Å²) >= 11 is 6.05. The summed E-state index contributed by atoms with van der Waals surface area (Å²) in [6.45, 7) is 1.47. The molecule has 3 aromatic rings. The molecule has 0 atom stereocenters. The number of carbonyl (C=O) groups is 2. The van der Waals surface area contributed by atoms with Crippen LogP contribution in [0.1, 0.15) is 15.9 Å². The van der Waals surface area contributed by atoms with Crippen molar-refractivity contribution in [2.75, 3.05) is 17.2 Å². The van der Waals surface area contributed by atoms with E-state index in [0.29, 0.717) is 22.0 Å². The molecule has 28 heavy (non-hydrogen) atoms. The van der Waals surface area contributed by atoms with Crippen LogP contribution in [0.2, 0.25) is 5.02 Å². The quantitative estimate of drug-likeness (QED) is 0.565. The van der Waals surface area contributed by atoms with Gasteiger partial charge in [-0.05, 0) is 48.9 Å². The van der Waals surface area contributed by atoms with Gasteiger partial charge in [0.2, 0.25) is 0 Å². The Labute approximate surface area is 168 Å². The van der Waals surface area contributed by atoms with E-state index >= 15 is 0 Å². The zero-order chi connectivity index (χ0) is 19.9. The minimum Gasteiger partial charge on any atom is -0.452 e. The average Bonchev–Trinajstić information content (AvgIpc) is 2.70. The number of hydrogen-bond donors (Lipinski definition) is 2. The zero-order valence-electron chi connectivity index (χ0n) is 15.2. The second kappa shape index (κ2) is 9.06. The number of para-hydroxylation sites is 2. The van der Waals surface area contributed by atoms with Gasteiger partial charge in [0.1, 0.15) is 0 Å². The van der Waals surface area contributed by atoms with Gasteiger partial charge in [0, 0.05) is 16.4 Å². The first kappa shape index (κ1) is 19.5. The van der Waals surface area contributed by atoms with Crippen molar-refractivity contribution >= 4 is 40.5 Å². The largest absolute Gasteiger partial charge is 0.452 e. The number of ether oxygens (including phenoxy) is 1. The van der Waals surface area contributed by atoms with E-state index in [4.69, 9.17) is 16.3 Å². The third-order valence-corrected chi connectivity index (χ3v) is 4.40. The Morgan fingerprint density at radius 1 is 0.929 bits per heavy atom. The van der Waals surface area contributed by atoms with E-state index in [9.17, 15) is 9.59 Å². The Hall–Kier alpha value is -3.31. The first-order chi connectivity index (χ1) is 13.5. The lowest BCUT2D eigenvalue weighted by Crippen LogP contribution is -2.21. The van der Waals surface area contributed by atoms with E-state index in [0.717, 1.165) is 11.3 Å². The van der Waals surface area contributed by atoms with Gasteiger partial charge in [-0.15, -0.1) is 0 Å². The third-order valence-electron chi connectivity index (χ3n) is 3.99. The van der Waals surface area contributed by atoms with E-state index in [1.807, 2.05) is 43.3 Å².